The number of carbonyl (C=O) groups excluding carboxylic acids is 1. The quantitative estimate of drug-likeness (QED) is 0.575. The van der Waals surface area contributed by atoms with Crippen molar-refractivity contribution in [2.45, 2.75) is 15.9 Å². The summed E-state index contributed by atoms with van der Waals surface area (Å²) in [5.74, 6) is -0.838. The molecule has 1 aromatic rings. The Morgan fingerprint density at radius 1 is 1.19 bits per heavy atom. The van der Waals surface area contributed by atoms with Gasteiger partial charge in [-0.25, -0.2) is 21.6 Å². The number of esters is 1. The molecule has 0 N–H and O–H groups in total. The lowest BCUT2D eigenvalue weighted by molar-refractivity contribution is -0.103. The summed E-state index contributed by atoms with van der Waals surface area (Å²) in [5, 5.41) is 0. The molecule has 10 heteroatoms. The molecule has 2 rings (SSSR count). The zero-order valence-electron chi connectivity index (χ0n) is 10.8. The standard InChI is InChI=1S/C11H11ClO7S2/c1-20(14,15)9-2-7(3-10(4-9)21(12,16)17)11(13)19-8-5-18-6-8/h2-4,8H,5-6H2,1H3. The SMILES string of the molecule is CS(=O)(=O)c1cc(C(=O)OC2COC2)cc(S(=O)(=O)Cl)c1. The Labute approximate surface area is 126 Å². The molecule has 0 unspecified atom stereocenters. The van der Waals surface area contributed by atoms with Crippen molar-refractivity contribution in [2.24, 2.45) is 0 Å². The van der Waals surface area contributed by atoms with Crippen molar-refractivity contribution in [2.75, 3.05) is 19.5 Å². The third-order valence-corrected chi connectivity index (χ3v) is 5.13. The molecule has 1 aliphatic heterocycles. The number of sulfone groups is 1. The first-order valence-corrected chi connectivity index (χ1v) is 9.86. The van der Waals surface area contributed by atoms with Gasteiger partial charge in [-0.05, 0) is 18.2 Å². The van der Waals surface area contributed by atoms with E-state index in [0.29, 0.717) is 0 Å². The van der Waals surface area contributed by atoms with Gasteiger partial charge in [-0.2, -0.15) is 0 Å². The van der Waals surface area contributed by atoms with Crippen LogP contribution in [-0.2, 0) is 28.4 Å². The lowest BCUT2D eigenvalue weighted by Gasteiger charge is -2.25. The molecular weight excluding hydrogens is 344 g/mol. The van der Waals surface area contributed by atoms with E-state index in [2.05, 4.69) is 0 Å². The number of rotatable bonds is 4. The van der Waals surface area contributed by atoms with E-state index in [4.69, 9.17) is 20.2 Å². The van der Waals surface area contributed by atoms with Crippen LogP contribution in [0.1, 0.15) is 10.4 Å². The smallest absolute Gasteiger partial charge is 0.338 e. The van der Waals surface area contributed by atoms with Crippen LogP contribution in [0, 0.1) is 0 Å². The van der Waals surface area contributed by atoms with Gasteiger partial charge in [0.25, 0.3) is 9.05 Å². The molecular formula is C11H11ClO7S2. The number of hydrogen-bond acceptors (Lipinski definition) is 7. The molecule has 0 aromatic heterocycles. The molecule has 1 saturated heterocycles. The van der Waals surface area contributed by atoms with Crippen LogP contribution in [0.3, 0.4) is 0 Å². The zero-order chi connectivity index (χ0) is 15.8. The second kappa shape index (κ2) is 5.56. The average Bonchev–Trinajstić information content (AvgIpc) is 2.30. The van der Waals surface area contributed by atoms with Crippen LogP contribution < -0.4 is 0 Å². The van der Waals surface area contributed by atoms with Crippen molar-refractivity contribution in [1.82, 2.24) is 0 Å². The fraction of sp³-hybridized carbons (Fsp3) is 0.364. The van der Waals surface area contributed by atoms with Gasteiger partial charge >= 0.3 is 5.97 Å². The van der Waals surface area contributed by atoms with Crippen LogP contribution in [0.2, 0.25) is 0 Å². The van der Waals surface area contributed by atoms with E-state index in [1.807, 2.05) is 0 Å². The third kappa shape index (κ3) is 3.94. The van der Waals surface area contributed by atoms with Crippen molar-refractivity contribution in [3.63, 3.8) is 0 Å². The Morgan fingerprint density at radius 3 is 2.19 bits per heavy atom. The monoisotopic (exact) mass is 354 g/mol. The van der Waals surface area contributed by atoms with E-state index in [9.17, 15) is 21.6 Å². The van der Waals surface area contributed by atoms with E-state index >= 15 is 0 Å². The summed E-state index contributed by atoms with van der Waals surface area (Å²) in [6, 6.07) is 2.91. The predicted molar refractivity (Wildman–Crippen MR) is 72.6 cm³/mol. The van der Waals surface area contributed by atoms with Crippen molar-refractivity contribution < 1.29 is 31.1 Å². The first kappa shape index (κ1) is 16.2. The molecule has 21 heavy (non-hydrogen) atoms. The summed E-state index contributed by atoms with van der Waals surface area (Å²) in [7, 11) is -2.70. The molecule has 1 fully saturated rings. The van der Waals surface area contributed by atoms with E-state index < -0.39 is 35.9 Å². The van der Waals surface area contributed by atoms with E-state index in [1.54, 1.807) is 0 Å². The molecule has 1 heterocycles. The molecule has 0 bridgehead atoms. The second-order valence-corrected chi connectivity index (χ2v) is 9.05. The Bertz CT molecular complexity index is 729. The summed E-state index contributed by atoms with van der Waals surface area (Å²) in [4.78, 5) is 11.1. The molecule has 0 spiro atoms. The van der Waals surface area contributed by atoms with Gasteiger partial charge in [0.05, 0.1) is 28.6 Å². The number of ether oxygens (including phenoxy) is 2. The molecule has 0 radical (unpaired) electrons. The van der Waals surface area contributed by atoms with Crippen molar-refractivity contribution >= 4 is 35.5 Å². The van der Waals surface area contributed by atoms with Crippen molar-refractivity contribution in [3.8, 4) is 0 Å². The van der Waals surface area contributed by atoms with Gasteiger partial charge in [0, 0.05) is 16.9 Å². The average molecular weight is 355 g/mol. The highest BCUT2D eigenvalue weighted by molar-refractivity contribution is 8.13. The minimum absolute atomic E-state index is 0.205. The van der Waals surface area contributed by atoms with E-state index in [1.165, 1.54) is 0 Å². The maximum Gasteiger partial charge on any atom is 0.338 e. The Balaban J connectivity index is 2.47. The molecule has 1 aliphatic rings. The summed E-state index contributed by atoms with van der Waals surface area (Å²) in [6.45, 7) is 0.496. The van der Waals surface area contributed by atoms with E-state index in [-0.39, 0.29) is 23.7 Å². The van der Waals surface area contributed by atoms with Crippen LogP contribution in [0.5, 0.6) is 0 Å². The van der Waals surface area contributed by atoms with Crippen LogP contribution >= 0.6 is 10.7 Å². The maximum absolute atomic E-state index is 11.9. The van der Waals surface area contributed by atoms with E-state index in [0.717, 1.165) is 24.5 Å². The van der Waals surface area contributed by atoms with Gasteiger partial charge in [0.2, 0.25) is 0 Å². The molecule has 1 aromatic carbocycles. The fourth-order valence-corrected chi connectivity index (χ4v) is 3.11. The van der Waals surface area contributed by atoms with Crippen molar-refractivity contribution in [1.29, 1.82) is 0 Å². The third-order valence-electron chi connectivity index (χ3n) is 2.71. The largest absolute Gasteiger partial charge is 0.454 e. The first-order chi connectivity index (χ1) is 9.57. The molecule has 0 saturated carbocycles. The molecule has 0 aliphatic carbocycles. The maximum atomic E-state index is 11.9. The highest BCUT2D eigenvalue weighted by Gasteiger charge is 2.25. The normalized spacial score (nSPS) is 16.3. The van der Waals surface area contributed by atoms with Gasteiger partial charge in [0.1, 0.15) is 6.10 Å². The molecule has 7 nitrogen and oxygen atoms in total. The Kier molecular flexibility index (Phi) is 4.29. The number of halogens is 1. The fourth-order valence-electron chi connectivity index (χ4n) is 1.55. The van der Waals surface area contributed by atoms with Crippen LogP contribution in [0.25, 0.3) is 0 Å². The van der Waals surface area contributed by atoms with Crippen LogP contribution in [0.15, 0.2) is 28.0 Å². The van der Waals surface area contributed by atoms with Gasteiger partial charge in [-0.3, -0.25) is 0 Å². The van der Waals surface area contributed by atoms with Crippen LogP contribution in [0.4, 0.5) is 0 Å². The predicted octanol–water partition coefficient (Wildman–Crippen LogP) is 0.573. The van der Waals surface area contributed by atoms with Gasteiger partial charge in [-0.1, -0.05) is 0 Å². The minimum Gasteiger partial charge on any atom is -0.454 e. The Morgan fingerprint density at radius 2 is 1.76 bits per heavy atom. The molecule has 116 valence electrons. The van der Waals surface area contributed by atoms with Crippen LogP contribution in [-0.4, -0.2) is 48.4 Å². The summed E-state index contributed by atoms with van der Waals surface area (Å²) >= 11 is 0. The van der Waals surface area contributed by atoms with Crippen molar-refractivity contribution in [3.05, 3.63) is 23.8 Å². The second-order valence-electron chi connectivity index (χ2n) is 4.47. The lowest BCUT2D eigenvalue weighted by atomic mass is 10.2. The van der Waals surface area contributed by atoms with Gasteiger partial charge in [-0.15, -0.1) is 0 Å². The number of hydrogen-bond donors (Lipinski definition) is 0. The first-order valence-electron chi connectivity index (χ1n) is 5.66. The highest BCUT2D eigenvalue weighted by atomic mass is 35.7. The van der Waals surface area contributed by atoms with Gasteiger partial charge in [0.15, 0.2) is 9.84 Å². The minimum atomic E-state index is -4.19. The molecule has 0 atom stereocenters. The zero-order valence-corrected chi connectivity index (χ0v) is 13.2. The lowest BCUT2D eigenvalue weighted by Crippen LogP contribution is -2.37. The summed E-state index contributed by atoms with van der Waals surface area (Å²) in [6.07, 6.45) is 0.470. The summed E-state index contributed by atoms with van der Waals surface area (Å²) in [5.41, 5.74) is -0.205. The Hall–Kier alpha value is -1.16. The topological polar surface area (TPSA) is 104 Å². The number of carbonyl (C=O) groups is 1. The summed E-state index contributed by atoms with van der Waals surface area (Å²) < 4.78 is 55.7. The van der Waals surface area contributed by atoms with Gasteiger partial charge < -0.3 is 9.47 Å². The molecule has 0 amide bonds. The number of benzene rings is 1. The highest BCUT2D eigenvalue weighted by Crippen LogP contribution is 2.23.